The lowest BCUT2D eigenvalue weighted by atomic mass is 9.90. The number of ether oxygens (including phenoxy) is 2. The minimum absolute atomic E-state index is 0.315. The molecule has 36 heavy (non-hydrogen) atoms. The fourth-order valence-electron chi connectivity index (χ4n) is 4.73. The lowest BCUT2D eigenvalue weighted by Gasteiger charge is -2.32. The summed E-state index contributed by atoms with van der Waals surface area (Å²) in [5.41, 5.74) is 0.562. The third-order valence-electron chi connectivity index (χ3n) is 6.69. The van der Waals surface area contributed by atoms with Gasteiger partial charge in [-0.05, 0) is 55.0 Å². The molecule has 0 bridgehead atoms. The van der Waals surface area contributed by atoms with Crippen LogP contribution in [0.25, 0.3) is 5.69 Å². The zero-order valence-electron chi connectivity index (χ0n) is 20.9. The van der Waals surface area contributed by atoms with E-state index in [1.54, 1.807) is 35.5 Å². The van der Waals surface area contributed by atoms with Crippen molar-refractivity contribution in [1.29, 1.82) is 0 Å². The van der Waals surface area contributed by atoms with Crippen molar-refractivity contribution in [2.24, 2.45) is 0 Å². The molecule has 2 aromatic heterocycles. The minimum Gasteiger partial charge on any atom is -0.494 e. The Labute approximate surface area is 210 Å². The number of carbonyl (C=O) groups is 1. The second-order valence-corrected chi connectivity index (χ2v) is 8.83. The van der Waals surface area contributed by atoms with Crippen LogP contribution in [0.3, 0.4) is 0 Å². The Morgan fingerprint density at radius 2 is 1.72 bits per heavy atom. The highest BCUT2D eigenvalue weighted by Gasteiger charge is 2.31. The molecule has 1 aliphatic rings. The third kappa shape index (κ3) is 4.91. The van der Waals surface area contributed by atoms with Crippen LogP contribution in [0.5, 0.6) is 17.4 Å². The summed E-state index contributed by atoms with van der Waals surface area (Å²) in [4.78, 5) is 37.4. The number of aryl methyl sites for hydroxylation is 1. The Bertz CT molecular complexity index is 1240. The maximum atomic E-state index is 13.9. The van der Waals surface area contributed by atoms with Crippen molar-refractivity contribution in [3.63, 3.8) is 0 Å². The molecular formula is C27H32N4O5. The second kappa shape index (κ2) is 11.2. The second-order valence-electron chi connectivity index (χ2n) is 8.83. The molecule has 1 aliphatic heterocycles. The summed E-state index contributed by atoms with van der Waals surface area (Å²) >= 11 is 0. The number of carbonyl (C=O) groups excluding carboxylic acids is 1. The van der Waals surface area contributed by atoms with E-state index in [9.17, 15) is 14.7 Å². The van der Waals surface area contributed by atoms with Gasteiger partial charge in [-0.1, -0.05) is 19.4 Å². The maximum Gasteiger partial charge on any atom is 0.275 e. The molecule has 190 valence electrons. The molecule has 1 saturated heterocycles. The number of rotatable bonds is 8. The molecule has 0 saturated carbocycles. The number of hydrogen-bond acceptors (Lipinski definition) is 7. The largest absolute Gasteiger partial charge is 0.494 e. The summed E-state index contributed by atoms with van der Waals surface area (Å²) in [6.07, 6.45) is 7.11. The molecule has 9 heteroatoms. The molecule has 0 unspecified atom stereocenters. The van der Waals surface area contributed by atoms with Gasteiger partial charge in [0.15, 0.2) is 5.56 Å². The molecule has 0 aliphatic carbocycles. The van der Waals surface area contributed by atoms with Crippen LogP contribution in [0.15, 0.2) is 47.5 Å². The van der Waals surface area contributed by atoms with Crippen LogP contribution in [0.2, 0.25) is 0 Å². The Balaban J connectivity index is 1.74. The van der Waals surface area contributed by atoms with Crippen LogP contribution in [-0.4, -0.2) is 57.8 Å². The molecule has 3 aromatic rings. The normalized spacial score (nSPS) is 14.0. The van der Waals surface area contributed by atoms with Crippen LogP contribution in [0.1, 0.15) is 60.3 Å². The Morgan fingerprint density at radius 1 is 1.08 bits per heavy atom. The molecule has 1 fully saturated rings. The molecular weight excluding hydrogens is 460 g/mol. The molecule has 1 N–H and O–H groups in total. The predicted octanol–water partition coefficient (Wildman–Crippen LogP) is 3.71. The van der Waals surface area contributed by atoms with Crippen molar-refractivity contribution in [3.8, 4) is 23.1 Å². The van der Waals surface area contributed by atoms with Crippen LogP contribution >= 0.6 is 0 Å². The number of unbranched alkanes of at least 4 members (excludes halogenated alkanes) is 1. The number of hydrogen-bond donors (Lipinski definition) is 1. The van der Waals surface area contributed by atoms with Crippen molar-refractivity contribution in [1.82, 2.24) is 19.4 Å². The van der Waals surface area contributed by atoms with E-state index >= 15 is 0 Å². The highest BCUT2D eigenvalue weighted by Crippen LogP contribution is 2.33. The van der Waals surface area contributed by atoms with E-state index in [2.05, 4.69) is 9.97 Å². The summed E-state index contributed by atoms with van der Waals surface area (Å²) in [6, 6.07) is 9.17. The topological polar surface area (TPSA) is 107 Å². The van der Waals surface area contributed by atoms with Gasteiger partial charge in [0.2, 0.25) is 5.88 Å². The van der Waals surface area contributed by atoms with Gasteiger partial charge >= 0.3 is 0 Å². The molecule has 4 rings (SSSR count). The van der Waals surface area contributed by atoms with Gasteiger partial charge in [0.25, 0.3) is 11.5 Å². The number of pyridine rings is 1. The molecule has 0 radical (unpaired) electrons. The first-order valence-corrected chi connectivity index (χ1v) is 12.3. The van der Waals surface area contributed by atoms with E-state index in [4.69, 9.17) is 9.47 Å². The van der Waals surface area contributed by atoms with Gasteiger partial charge in [-0.15, -0.1) is 0 Å². The van der Waals surface area contributed by atoms with Gasteiger partial charge in [0.1, 0.15) is 23.0 Å². The van der Waals surface area contributed by atoms with Crippen LogP contribution in [0.4, 0.5) is 0 Å². The maximum absolute atomic E-state index is 13.9. The van der Waals surface area contributed by atoms with Gasteiger partial charge in [0, 0.05) is 31.9 Å². The van der Waals surface area contributed by atoms with Gasteiger partial charge in [-0.2, -0.15) is 4.98 Å². The first kappa shape index (κ1) is 25.2. The fraction of sp³-hybridized carbons (Fsp3) is 0.407. The monoisotopic (exact) mass is 492 g/mol. The Kier molecular flexibility index (Phi) is 7.87. The Hall–Kier alpha value is -3.88. The van der Waals surface area contributed by atoms with Crippen molar-refractivity contribution in [2.75, 3.05) is 27.3 Å². The first-order valence-electron chi connectivity index (χ1n) is 12.3. The molecule has 1 aromatic carbocycles. The van der Waals surface area contributed by atoms with E-state index in [1.807, 2.05) is 19.1 Å². The zero-order valence-corrected chi connectivity index (χ0v) is 20.9. The molecule has 0 atom stereocenters. The first-order chi connectivity index (χ1) is 17.5. The van der Waals surface area contributed by atoms with E-state index in [0.717, 1.165) is 25.7 Å². The summed E-state index contributed by atoms with van der Waals surface area (Å²) in [6.45, 7) is 2.97. The molecule has 9 nitrogen and oxygen atoms in total. The lowest BCUT2D eigenvalue weighted by Crippen LogP contribution is -2.41. The smallest absolute Gasteiger partial charge is 0.275 e. The molecule has 0 spiro atoms. The van der Waals surface area contributed by atoms with Crippen LogP contribution in [0, 0.1) is 0 Å². The quantitative estimate of drug-likeness (QED) is 0.511. The van der Waals surface area contributed by atoms with Crippen molar-refractivity contribution in [3.05, 3.63) is 70.0 Å². The van der Waals surface area contributed by atoms with Gasteiger partial charge in [-0.3, -0.25) is 19.1 Å². The standard InChI is InChI=1S/C27H32N4O5/c1-4-5-9-22-29-25(32)23(27(34)31(22)24-20(35-2)7-6-8-21(24)36-3)26(33)30-16-12-19(13-17-30)18-10-14-28-15-11-18/h6-8,10-11,14-15,19,32H,4-5,9,12-13,16-17H2,1-3H3. The zero-order chi connectivity index (χ0) is 25.7. The average Bonchev–Trinajstić information content (AvgIpc) is 2.92. The minimum atomic E-state index is -0.641. The fourth-order valence-corrected chi connectivity index (χ4v) is 4.73. The van der Waals surface area contributed by atoms with Gasteiger partial charge in [0.05, 0.1) is 14.2 Å². The number of likely N-dealkylation sites (tertiary alicyclic amines) is 1. The summed E-state index contributed by atoms with van der Waals surface area (Å²) in [5.74, 6) is 0.390. The van der Waals surface area contributed by atoms with E-state index in [1.165, 1.54) is 24.4 Å². The molecule has 1 amide bonds. The van der Waals surface area contributed by atoms with E-state index < -0.39 is 17.3 Å². The Morgan fingerprint density at radius 3 is 2.31 bits per heavy atom. The average molecular weight is 493 g/mol. The highest BCUT2D eigenvalue weighted by atomic mass is 16.5. The number of aromatic hydroxyl groups is 1. The number of nitrogens with zero attached hydrogens (tertiary/aromatic N) is 4. The van der Waals surface area contributed by atoms with Crippen LogP contribution in [-0.2, 0) is 6.42 Å². The predicted molar refractivity (Wildman–Crippen MR) is 135 cm³/mol. The SMILES string of the molecule is CCCCc1nc(O)c(C(=O)N2CCC(c3ccncc3)CC2)c(=O)n1-c1c(OC)cccc1OC. The number of para-hydroxylation sites is 1. The summed E-state index contributed by atoms with van der Waals surface area (Å²) in [5, 5.41) is 10.8. The number of methoxy groups -OCH3 is 2. The number of aromatic nitrogens is 3. The van der Waals surface area contributed by atoms with E-state index in [-0.39, 0.29) is 5.56 Å². The van der Waals surface area contributed by atoms with Crippen LogP contribution < -0.4 is 15.0 Å². The van der Waals surface area contributed by atoms with E-state index in [0.29, 0.717) is 48.4 Å². The number of piperidine rings is 1. The van der Waals surface area contributed by atoms with Gasteiger partial charge < -0.3 is 19.5 Å². The van der Waals surface area contributed by atoms with Crippen molar-refractivity contribution in [2.45, 2.75) is 44.9 Å². The highest BCUT2D eigenvalue weighted by molar-refractivity contribution is 5.96. The summed E-state index contributed by atoms with van der Waals surface area (Å²) < 4.78 is 12.4. The van der Waals surface area contributed by atoms with Gasteiger partial charge in [-0.25, -0.2) is 0 Å². The number of amides is 1. The number of benzene rings is 1. The van der Waals surface area contributed by atoms with Crippen molar-refractivity contribution < 1.29 is 19.4 Å². The molecule has 3 heterocycles. The summed E-state index contributed by atoms with van der Waals surface area (Å²) in [7, 11) is 3.00. The van der Waals surface area contributed by atoms with Crippen molar-refractivity contribution >= 4 is 5.91 Å². The lowest BCUT2D eigenvalue weighted by molar-refractivity contribution is 0.0706. The third-order valence-corrected chi connectivity index (χ3v) is 6.69.